The van der Waals surface area contributed by atoms with Crippen molar-refractivity contribution in [3.05, 3.63) is 17.1 Å². The minimum absolute atomic E-state index is 0.665. The van der Waals surface area contributed by atoms with Crippen LogP contribution in [0, 0.1) is 0 Å². The van der Waals surface area contributed by atoms with Crippen molar-refractivity contribution < 1.29 is 0 Å². The number of rotatable bonds is 2. The van der Waals surface area contributed by atoms with E-state index in [9.17, 15) is 0 Å². The van der Waals surface area contributed by atoms with Gasteiger partial charge in [-0.3, -0.25) is 0 Å². The molecule has 1 N–H and O–H groups in total. The predicted octanol–water partition coefficient (Wildman–Crippen LogP) is 2.78. The van der Waals surface area contributed by atoms with Crippen LogP contribution in [0.3, 0.4) is 0 Å². The number of aromatic nitrogens is 1. The number of likely N-dealkylation sites (N-methyl/N-ethyl adjacent to an activating group) is 1. The average Bonchev–Trinajstić information content (AvgIpc) is 2.63. The Morgan fingerprint density at radius 3 is 2.93 bits per heavy atom. The Labute approximate surface area is 89.9 Å². The van der Waals surface area contributed by atoms with E-state index in [1.165, 1.54) is 37.0 Å². The Bertz CT molecular complexity index is 258. The Kier molecular flexibility index (Phi) is 3.54. The summed E-state index contributed by atoms with van der Waals surface area (Å²) in [7, 11) is 2.09. The molecule has 1 aliphatic rings. The second-order valence-corrected chi connectivity index (χ2v) is 4.92. The van der Waals surface area contributed by atoms with Crippen molar-refractivity contribution in [2.75, 3.05) is 7.05 Å². The normalized spacial score (nSPS) is 28.6. The summed E-state index contributed by atoms with van der Waals surface area (Å²) in [5, 5.41) is 3.46. The summed E-state index contributed by atoms with van der Waals surface area (Å²) in [5.74, 6) is 0.704. The van der Waals surface area contributed by atoms with Gasteiger partial charge in [-0.05, 0) is 37.5 Å². The van der Waals surface area contributed by atoms with Crippen molar-refractivity contribution in [2.24, 2.45) is 0 Å². The van der Waals surface area contributed by atoms with Crippen LogP contribution in [0.4, 0.5) is 0 Å². The largest absolute Gasteiger partial charge is 0.316 e. The van der Waals surface area contributed by atoms with Crippen LogP contribution in [0.25, 0.3) is 0 Å². The van der Waals surface area contributed by atoms with E-state index >= 15 is 0 Å². The molecule has 2 nitrogen and oxygen atoms in total. The first kappa shape index (κ1) is 10.1. The first-order chi connectivity index (χ1) is 6.92. The van der Waals surface area contributed by atoms with Gasteiger partial charge in [0.05, 0.1) is 0 Å². The van der Waals surface area contributed by atoms with E-state index in [2.05, 4.69) is 22.8 Å². The van der Waals surface area contributed by atoms with Crippen molar-refractivity contribution in [1.82, 2.24) is 9.69 Å². The molecular weight excluding hydrogens is 192 g/mol. The third-order valence-electron chi connectivity index (χ3n) is 3.21. The molecule has 0 amide bonds. The summed E-state index contributed by atoms with van der Waals surface area (Å²) in [4.78, 5) is 1.46. The molecule has 2 rings (SSSR count). The molecule has 2 atom stereocenters. The van der Waals surface area contributed by atoms with Crippen molar-refractivity contribution >= 4 is 11.5 Å². The molecule has 14 heavy (non-hydrogen) atoms. The fraction of sp³-hybridized carbons (Fsp3) is 0.727. The second-order valence-electron chi connectivity index (χ2n) is 4.05. The van der Waals surface area contributed by atoms with Gasteiger partial charge < -0.3 is 5.32 Å². The Morgan fingerprint density at radius 1 is 1.36 bits per heavy atom. The highest BCUT2D eigenvalue weighted by Gasteiger charge is 2.24. The van der Waals surface area contributed by atoms with E-state index < -0.39 is 0 Å². The Morgan fingerprint density at radius 2 is 2.21 bits per heavy atom. The monoisotopic (exact) mass is 210 g/mol. The summed E-state index contributed by atoms with van der Waals surface area (Å²) in [6, 6.07) is 2.85. The van der Waals surface area contributed by atoms with Crippen LogP contribution in [-0.2, 0) is 0 Å². The van der Waals surface area contributed by atoms with Crippen LogP contribution >= 0.6 is 11.5 Å². The third-order valence-corrected chi connectivity index (χ3v) is 4.09. The zero-order chi connectivity index (χ0) is 9.80. The maximum Gasteiger partial charge on any atom is 0.0409 e. The topological polar surface area (TPSA) is 24.9 Å². The minimum atomic E-state index is 0.665. The van der Waals surface area contributed by atoms with E-state index in [0.29, 0.717) is 12.0 Å². The molecule has 1 aliphatic carbocycles. The fourth-order valence-electron chi connectivity index (χ4n) is 2.41. The number of nitrogens with one attached hydrogen (secondary N) is 1. The van der Waals surface area contributed by atoms with Gasteiger partial charge in [0.1, 0.15) is 0 Å². The first-order valence-corrected chi connectivity index (χ1v) is 6.27. The molecule has 0 radical (unpaired) electrons. The molecule has 78 valence electrons. The zero-order valence-corrected chi connectivity index (χ0v) is 9.52. The lowest BCUT2D eigenvalue weighted by atomic mass is 9.93. The van der Waals surface area contributed by atoms with E-state index in [0.717, 1.165) is 0 Å². The van der Waals surface area contributed by atoms with E-state index in [-0.39, 0.29) is 0 Å². The molecule has 1 saturated carbocycles. The molecule has 1 fully saturated rings. The lowest BCUT2D eigenvalue weighted by Crippen LogP contribution is -2.30. The summed E-state index contributed by atoms with van der Waals surface area (Å²) >= 11 is 1.67. The third kappa shape index (κ3) is 2.15. The molecule has 3 heteroatoms. The van der Waals surface area contributed by atoms with Gasteiger partial charge >= 0.3 is 0 Å². The molecule has 1 aromatic heterocycles. The lowest BCUT2D eigenvalue weighted by Gasteiger charge is -2.23. The molecule has 1 heterocycles. The van der Waals surface area contributed by atoms with E-state index in [1.807, 2.05) is 6.20 Å². The highest BCUT2D eigenvalue weighted by molar-refractivity contribution is 7.05. The molecule has 0 aliphatic heterocycles. The Hall–Kier alpha value is -0.410. The smallest absolute Gasteiger partial charge is 0.0409 e. The molecule has 0 saturated heterocycles. The van der Waals surface area contributed by atoms with Gasteiger partial charge in [0, 0.05) is 23.0 Å². The molecule has 2 unspecified atom stereocenters. The number of hydrogen-bond donors (Lipinski definition) is 1. The molecule has 1 aromatic rings. The standard InChI is InChI=1S/C11H18N2S/c1-12-10-6-4-2-3-5-9(10)11-7-8-13-14-11/h7-10,12H,2-6H2,1H3. The van der Waals surface area contributed by atoms with Crippen molar-refractivity contribution in [2.45, 2.75) is 44.1 Å². The maximum atomic E-state index is 4.21. The SMILES string of the molecule is CNC1CCCCCC1c1ccns1. The van der Waals surface area contributed by atoms with Gasteiger partial charge in [0.15, 0.2) is 0 Å². The summed E-state index contributed by atoms with van der Waals surface area (Å²) in [6.07, 6.45) is 8.72. The van der Waals surface area contributed by atoms with Gasteiger partial charge in [-0.15, -0.1) is 0 Å². The van der Waals surface area contributed by atoms with Gasteiger partial charge in [-0.2, -0.15) is 0 Å². The van der Waals surface area contributed by atoms with Gasteiger partial charge in [-0.25, -0.2) is 4.37 Å². The maximum absolute atomic E-state index is 4.21. The number of nitrogens with zero attached hydrogens (tertiary/aromatic N) is 1. The molecule has 0 aromatic carbocycles. The van der Waals surface area contributed by atoms with E-state index in [4.69, 9.17) is 0 Å². The summed E-state index contributed by atoms with van der Waals surface area (Å²) in [6.45, 7) is 0. The fourth-order valence-corrected chi connectivity index (χ4v) is 3.19. The van der Waals surface area contributed by atoms with Crippen LogP contribution in [0.1, 0.15) is 42.9 Å². The van der Waals surface area contributed by atoms with Crippen molar-refractivity contribution in [3.63, 3.8) is 0 Å². The highest BCUT2D eigenvalue weighted by atomic mass is 32.1. The molecular formula is C11H18N2S. The molecule has 0 spiro atoms. The van der Waals surface area contributed by atoms with Crippen molar-refractivity contribution in [3.8, 4) is 0 Å². The minimum Gasteiger partial charge on any atom is -0.316 e. The Balaban J connectivity index is 2.12. The number of hydrogen-bond acceptors (Lipinski definition) is 3. The summed E-state index contributed by atoms with van der Waals surface area (Å²) in [5.41, 5.74) is 0. The van der Waals surface area contributed by atoms with Crippen LogP contribution in [0.5, 0.6) is 0 Å². The van der Waals surface area contributed by atoms with E-state index in [1.54, 1.807) is 11.5 Å². The predicted molar refractivity (Wildman–Crippen MR) is 60.8 cm³/mol. The lowest BCUT2D eigenvalue weighted by molar-refractivity contribution is 0.444. The quantitative estimate of drug-likeness (QED) is 0.759. The van der Waals surface area contributed by atoms with Crippen molar-refractivity contribution in [1.29, 1.82) is 0 Å². The average molecular weight is 210 g/mol. The van der Waals surface area contributed by atoms with Gasteiger partial charge in [-0.1, -0.05) is 19.3 Å². The van der Waals surface area contributed by atoms with Crippen LogP contribution in [0.15, 0.2) is 12.3 Å². The molecule has 0 bridgehead atoms. The van der Waals surface area contributed by atoms with Crippen LogP contribution < -0.4 is 5.32 Å². The zero-order valence-electron chi connectivity index (χ0n) is 8.70. The summed E-state index contributed by atoms with van der Waals surface area (Å²) < 4.78 is 4.21. The van der Waals surface area contributed by atoms with Gasteiger partial charge in [0.2, 0.25) is 0 Å². The highest BCUT2D eigenvalue weighted by Crippen LogP contribution is 2.33. The second kappa shape index (κ2) is 4.89. The van der Waals surface area contributed by atoms with Gasteiger partial charge in [0.25, 0.3) is 0 Å². The van der Waals surface area contributed by atoms with Crippen LogP contribution in [-0.4, -0.2) is 17.5 Å². The van der Waals surface area contributed by atoms with Crippen LogP contribution in [0.2, 0.25) is 0 Å². The first-order valence-electron chi connectivity index (χ1n) is 5.49.